The van der Waals surface area contributed by atoms with Gasteiger partial charge in [-0.25, -0.2) is 14.2 Å². The Morgan fingerprint density at radius 3 is 2.95 bits per heavy atom. The molecule has 104 valence electrons. The molecule has 0 aliphatic carbocycles. The third-order valence-electron chi connectivity index (χ3n) is 3.47. The monoisotopic (exact) mass is 276 g/mol. The Labute approximate surface area is 114 Å². The number of aliphatic hydroxyl groups is 1. The fourth-order valence-electron chi connectivity index (χ4n) is 2.56. The number of aromatic nitrogens is 2. The molecule has 3 rings (SSSR count). The highest BCUT2D eigenvalue weighted by Crippen LogP contribution is 2.28. The van der Waals surface area contributed by atoms with Crippen LogP contribution < -0.4 is 0 Å². The molecule has 2 aromatic rings. The van der Waals surface area contributed by atoms with Crippen molar-refractivity contribution in [3.8, 4) is 11.4 Å². The number of aliphatic hydroxyl groups excluding tert-OH is 1. The molecule has 0 radical (unpaired) electrons. The summed E-state index contributed by atoms with van der Waals surface area (Å²) in [4.78, 5) is 15.4. The summed E-state index contributed by atoms with van der Waals surface area (Å²) in [5.74, 6) is -1.13. The van der Waals surface area contributed by atoms with E-state index < -0.39 is 17.9 Å². The van der Waals surface area contributed by atoms with Gasteiger partial charge >= 0.3 is 5.97 Å². The maximum absolute atomic E-state index is 13.3. The van der Waals surface area contributed by atoms with Gasteiger partial charge in [0.25, 0.3) is 0 Å². The Bertz CT molecular complexity index is 681. The van der Waals surface area contributed by atoms with E-state index in [1.807, 2.05) is 0 Å². The van der Waals surface area contributed by atoms with Crippen LogP contribution in [-0.4, -0.2) is 31.8 Å². The summed E-state index contributed by atoms with van der Waals surface area (Å²) in [5, 5.41) is 19.0. The van der Waals surface area contributed by atoms with Gasteiger partial charge in [0.15, 0.2) is 5.69 Å². The summed E-state index contributed by atoms with van der Waals surface area (Å²) < 4.78 is 15.0. The van der Waals surface area contributed by atoms with Crippen LogP contribution in [0.3, 0.4) is 0 Å². The molecule has 6 heteroatoms. The maximum atomic E-state index is 13.3. The van der Waals surface area contributed by atoms with Crippen molar-refractivity contribution in [2.75, 3.05) is 0 Å². The van der Waals surface area contributed by atoms with E-state index in [0.29, 0.717) is 29.9 Å². The number of hydrogen-bond acceptors (Lipinski definition) is 3. The molecule has 5 nitrogen and oxygen atoms in total. The number of rotatable bonds is 2. The van der Waals surface area contributed by atoms with E-state index in [2.05, 4.69) is 4.98 Å². The number of hydrogen-bond donors (Lipinski definition) is 2. The van der Waals surface area contributed by atoms with Gasteiger partial charge in [-0.15, -0.1) is 0 Å². The fraction of sp³-hybridized carbons (Fsp3) is 0.286. The van der Waals surface area contributed by atoms with Crippen LogP contribution in [-0.2, 0) is 13.0 Å². The lowest BCUT2D eigenvalue weighted by Crippen LogP contribution is -2.25. The molecule has 1 aliphatic rings. The summed E-state index contributed by atoms with van der Waals surface area (Å²) in [6, 6.07) is 5.84. The minimum Gasteiger partial charge on any atom is -0.476 e. The molecule has 2 N–H and O–H groups in total. The van der Waals surface area contributed by atoms with Gasteiger partial charge in [-0.3, -0.25) is 0 Å². The van der Waals surface area contributed by atoms with Crippen LogP contribution in [0.4, 0.5) is 4.39 Å². The Hall–Kier alpha value is -2.21. The lowest BCUT2D eigenvalue weighted by Gasteiger charge is -2.21. The first-order valence-electron chi connectivity index (χ1n) is 6.33. The largest absolute Gasteiger partial charge is 0.476 e. The van der Waals surface area contributed by atoms with E-state index in [-0.39, 0.29) is 12.2 Å². The van der Waals surface area contributed by atoms with Crippen molar-refractivity contribution in [3.63, 3.8) is 0 Å². The first-order valence-corrected chi connectivity index (χ1v) is 6.33. The number of imidazole rings is 1. The van der Waals surface area contributed by atoms with Crippen LogP contribution in [0, 0.1) is 5.82 Å². The Balaban J connectivity index is 2.18. The summed E-state index contributed by atoms with van der Waals surface area (Å²) in [6.07, 6.45) is 0.422. The predicted octanol–water partition coefficient (Wildman–Crippen LogP) is 1.69. The van der Waals surface area contributed by atoms with Crippen molar-refractivity contribution < 1.29 is 19.4 Å². The highest BCUT2D eigenvalue weighted by atomic mass is 19.1. The molecule has 0 saturated heterocycles. The number of halogens is 1. The third kappa shape index (κ3) is 2.08. The molecule has 0 spiro atoms. The highest BCUT2D eigenvalue weighted by molar-refractivity contribution is 5.88. The first-order chi connectivity index (χ1) is 9.56. The number of benzene rings is 1. The molecule has 0 amide bonds. The fourth-order valence-corrected chi connectivity index (χ4v) is 2.56. The third-order valence-corrected chi connectivity index (χ3v) is 3.47. The average molecular weight is 276 g/mol. The van der Waals surface area contributed by atoms with Crippen LogP contribution in [0.2, 0.25) is 0 Å². The van der Waals surface area contributed by atoms with E-state index in [1.54, 1.807) is 16.7 Å². The van der Waals surface area contributed by atoms with Gasteiger partial charge in [0.2, 0.25) is 0 Å². The minimum absolute atomic E-state index is 0.0174. The zero-order chi connectivity index (χ0) is 14.3. The van der Waals surface area contributed by atoms with Crippen LogP contribution >= 0.6 is 0 Å². The molecule has 0 bridgehead atoms. The van der Waals surface area contributed by atoms with E-state index >= 15 is 0 Å². The average Bonchev–Trinajstić information content (AvgIpc) is 2.77. The van der Waals surface area contributed by atoms with Crippen LogP contribution in [0.15, 0.2) is 24.3 Å². The van der Waals surface area contributed by atoms with Crippen molar-refractivity contribution in [3.05, 3.63) is 41.5 Å². The van der Waals surface area contributed by atoms with Gasteiger partial charge < -0.3 is 14.8 Å². The molecule has 0 saturated carbocycles. The van der Waals surface area contributed by atoms with Gasteiger partial charge in [-0.2, -0.15) is 0 Å². The molecule has 1 unspecified atom stereocenters. The lowest BCUT2D eigenvalue weighted by molar-refractivity contribution is 0.0686. The lowest BCUT2D eigenvalue weighted by atomic mass is 10.1. The van der Waals surface area contributed by atoms with Crippen LogP contribution in [0.25, 0.3) is 11.4 Å². The molecule has 1 atom stereocenters. The van der Waals surface area contributed by atoms with Crippen molar-refractivity contribution in [2.24, 2.45) is 0 Å². The summed E-state index contributed by atoms with van der Waals surface area (Å²) >= 11 is 0. The Morgan fingerprint density at radius 1 is 1.45 bits per heavy atom. The Morgan fingerprint density at radius 2 is 2.25 bits per heavy atom. The molecular weight excluding hydrogens is 263 g/mol. The zero-order valence-electron chi connectivity index (χ0n) is 10.6. The van der Waals surface area contributed by atoms with E-state index in [0.717, 1.165) is 0 Å². The van der Waals surface area contributed by atoms with Crippen molar-refractivity contribution in [1.29, 1.82) is 0 Å². The normalized spacial score (nSPS) is 17.8. The number of fused-ring (bicyclic) bond motifs is 1. The SMILES string of the molecule is O=C(O)c1nc(-c2cccc(F)c2)n2c1CCC(O)C2. The maximum Gasteiger partial charge on any atom is 0.356 e. The number of nitrogens with zero attached hydrogens (tertiary/aromatic N) is 2. The number of carboxylic acid groups (broad SMARTS) is 1. The zero-order valence-corrected chi connectivity index (χ0v) is 10.6. The molecule has 1 aromatic heterocycles. The summed E-state index contributed by atoms with van der Waals surface area (Å²) in [6.45, 7) is 0.279. The van der Waals surface area contributed by atoms with Crippen LogP contribution in [0.5, 0.6) is 0 Å². The highest BCUT2D eigenvalue weighted by Gasteiger charge is 2.27. The van der Waals surface area contributed by atoms with Crippen LogP contribution in [0.1, 0.15) is 22.6 Å². The Kier molecular flexibility index (Phi) is 3.02. The molecule has 2 heterocycles. The quantitative estimate of drug-likeness (QED) is 0.875. The topological polar surface area (TPSA) is 75.3 Å². The van der Waals surface area contributed by atoms with Crippen molar-refractivity contribution in [2.45, 2.75) is 25.5 Å². The van der Waals surface area contributed by atoms with Crippen molar-refractivity contribution >= 4 is 5.97 Å². The van der Waals surface area contributed by atoms with Crippen molar-refractivity contribution in [1.82, 2.24) is 9.55 Å². The predicted molar refractivity (Wildman–Crippen MR) is 68.9 cm³/mol. The van der Waals surface area contributed by atoms with Gasteiger partial charge in [0, 0.05) is 5.56 Å². The van der Waals surface area contributed by atoms with E-state index in [4.69, 9.17) is 0 Å². The molecule has 1 aromatic carbocycles. The summed E-state index contributed by atoms with van der Waals surface area (Å²) in [5.41, 5.74) is 1.08. The number of carboxylic acids is 1. The second kappa shape index (κ2) is 4.72. The van der Waals surface area contributed by atoms with E-state index in [1.165, 1.54) is 12.1 Å². The van der Waals surface area contributed by atoms with Gasteiger partial charge in [-0.1, -0.05) is 12.1 Å². The van der Waals surface area contributed by atoms with Gasteiger partial charge in [0.05, 0.1) is 18.3 Å². The second-order valence-electron chi connectivity index (χ2n) is 4.85. The first kappa shape index (κ1) is 12.8. The van der Waals surface area contributed by atoms with Gasteiger partial charge in [0.1, 0.15) is 11.6 Å². The molecule has 20 heavy (non-hydrogen) atoms. The number of aromatic carboxylic acids is 1. The molecule has 0 fully saturated rings. The molecular formula is C14H13FN2O3. The van der Waals surface area contributed by atoms with Gasteiger partial charge in [-0.05, 0) is 25.0 Å². The molecule has 1 aliphatic heterocycles. The smallest absolute Gasteiger partial charge is 0.356 e. The second-order valence-corrected chi connectivity index (χ2v) is 4.85. The minimum atomic E-state index is -1.10. The van der Waals surface area contributed by atoms with E-state index in [9.17, 15) is 19.4 Å². The standard InChI is InChI=1S/C14H13FN2O3/c15-9-3-1-2-8(6-9)13-16-12(14(19)20)11-5-4-10(18)7-17(11)13/h1-3,6,10,18H,4-5,7H2,(H,19,20). The summed E-state index contributed by atoms with van der Waals surface area (Å²) in [7, 11) is 0. The number of carbonyl (C=O) groups is 1.